The van der Waals surface area contributed by atoms with E-state index in [2.05, 4.69) is 26.0 Å². The molecule has 4 N–H and O–H groups in total. The Labute approximate surface area is 242 Å². The molecule has 42 heavy (non-hydrogen) atoms. The van der Waals surface area contributed by atoms with Crippen molar-refractivity contribution in [3.05, 3.63) is 29.8 Å². The van der Waals surface area contributed by atoms with Crippen molar-refractivity contribution in [2.45, 2.75) is 96.6 Å². The van der Waals surface area contributed by atoms with Crippen molar-refractivity contribution < 1.29 is 41.9 Å². The number of halogens is 3. The lowest BCUT2D eigenvalue weighted by Crippen LogP contribution is -2.55. The number of benzene rings is 1. The second kappa shape index (κ2) is 13.6. The van der Waals surface area contributed by atoms with Crippen LogP contribution in [0.25, 0.3) is 0 Å². The van der Waals surface area contributed by atoms with E-state index in [1.165, 1.54) is 12.1 Å². The van der Waals surface area contributed by atoms with Crippen LogP contribution < -0.4 is 26.0 Å². The fourth-order valence-corrected chi connectivity index (χ4v) is 4.79. The zero-order valence-electron chi connectivity index (χ0n) is 24.2. The second-order valence-corrected chi connectivity index (χ2v) is 12.3. The summed E-state index contributed by atoms with van der Waals surface area (Å²) >= 11 is 0. The second-order valence-electron chi connectivity index (χ2n) is 12.3. The van der Waals surface area contributed by atoms with E-state index in [1.807, 2.05) is 20.8 Å². The molecular formula is C29H39F3N4O6. The minimum atomic E-state index is -4.86. The van der Waals surface area contributed by atoms with Crippen LogP contribution in [0.15, 0.2) is 24.3 Å². The van der Waals surface area contributed by atoms with Crippen LogP contribution in [0.1, 0.15) is 77.7 Å². The number of carbonyl (C=O) groups excluding carboxylic acids is 5. The standard InChI is InChI=1S/C29H39F3N4O6/c1-16(17-6-5-7-20(13-17)42-29(30,31)32)12-23(37)35-22(15-28(2,3)4)26(40)36-21(14-18-10-11-33-25(18)39)24(38)27(41)34-19-8-9-19/h5-7,13,16,18-19,21-22H,8-12,14-15H2,1-4H3,(H,33,39)(H,34,41)(H,35,37)(H,36,40)/t16?,18-,21?,22?/m0/s1. The van der Waals surface area contributed by atoms with Crippen molar-refractivity contribution in [3.63, 3.8) is 0 Å². The SMILES string of the molecule is CC(CC(=O)NC(CC(C)(C)C)C(=O)NC(C[C@@H]1CCNC1=O)C(=O)C(=O)NC1CC1)c1cccc(OC(F)(F)F)c1. The predicted molar refractivity (Wildman–Crippen MR) is 146 cm³/mol. The summed E-state index contributed by atoms with van der Waals surface area (Å²) in [6, 6.07) is 2.90. The van der Waals surface area contributed by atoms with Gasteiger partial charge in [0.25, 0.3) is 5.91 Å². The smallest absolute Gasteiger partial charge is 0.406 e. The highest BCUT2D eigenvalue weighted by Gasteiger charge is 2.38. The molecule has 3 rings (SSSR count). The van der Waals surface area contributed by atoms with Crippen molar-refractivity contribution in [2.75, 3.05) is 6.54 Å². The first kappa shape index (κ1) is 32.9. The maximum atomic E-state index is 13.5. The van der Waals surface area contributed by atoms with Crippen molar-refractivity contribution in [3.8, 4) is 5.75 Å². The van der Waals surface area contributed by atoms with Crippen LogP contribution in [0, 0.1) is 11.3 Å². The molecule has 0 spiro atoms. The Morgan fingerprint density at radius 2 is 1.74 bits per heavy atom. The van der Waals surface area contributed by atoms with E-state index in [9.17, 15) is 37.1 Å². The third kappa shape index (κ3) is 10.6. The number of ketones is 1. The average molecular weight is 597 g/mol. The van der Waals surface area contributed by atoms with Gasteiger partial charge < -0.3 is 26.0 Å². The highest BCUT2D eigenvalue weighted by molar-refractivity contribution is 6.38. The van der Waals surface area contributed by atoms with Crippen molar-refractivity contribution in [1.82, 2.24) is 21.3 Å². The van der Waals surface area contributed by atoms with E-state index in [0.29, 0.717) is 18.5 Å². The molecule has 1 aliphatic heterocycles. The van der Waals surface area contributed by atoms with E-state index in [0.717, 1.165) is 18.9 Å². The predicted octanol–water partition coefficient (Wildman–Crippen LogP) is 2.86. The zero-order valence-corrected chi connectivity index (χ0v) is 24.2. The molecule has 1 saturated carbocycles. The summed E-state index contributed by atoms with van der Waals surface area (Å²) < 4.78 is 41.8. The highest BCUT2D eigenvalue weighted by atomic mass is 19.4. The van der Waals surface area contributed by atoms with Crippen LogP contribution in [-0.4, -0.2) is 60.4 Å². The van der Waals surface area contributed by atoms with Crippen molar-refractivity contribution in [2.24, 2.45) is 11.3 Å². The van der Waals surface area contributed by atoms with Crippen LogP contribution >= 0.6 is 0 Å². The Morgan fingerprint density at radius 1 is 1.05 bits per heavy atom. The molecule has 232 valence electrons. The molecule has 1 aliphatic carbocycles. The summed E-state index contributed by atoms with van der Waals surface area (Å²) in [4.78, 5) is 64.3. The number of amides is 4. The van der Waals surface area contributed by atoms with Gasteiger partial charge in [-0.1, -0.05) is 39.8 Å². The first-order valence-corrected chi connectivity index (χ1v) is 14.1. The minimum Gasteiger partial charge on any atom is -0.406 e. The summed E-state index contributed by atoms with van der Waals surface area (Å²) in [7, 11) is 0. The van der Waals surface area contributed by atoms with E-state index >= 15 is 0 Å². The molecule has 4 atom stereocenters. The number of Topliss-reactive ketones (excluding diaryl/α,β-unsaturated/α-hetero) is 1. The van der Waals surface area contributed by atoms with E-state index in [1.54, 1.807) is 13.0 Å². The lowest BCUT2D eigenvalue weighted by Gasteiger charge is -2.28. The Hall–Kier alpha value is -3.64. The van der Waals surface area contributed by atoms with E-state index in [4.69, 9.17) is 0 Å². The summed E-state index contributed by atoms with van der Waals surface area (Å²) in [5, 5.41) is 10.6. The van der Waals surface area contributed by atoms with Gasteiger partial charge in [-0.15, -0.1) is 13.2 Å². The van der Waals surface area contributed by atoms with Gasteiger partial charge in [0.2, 0.25) is 23.5 Å². The van der Waals surface area contributed by atoms with Gasteiger partial charge in [0.15, 0.2) is 0 Å². The molecule has 0 radical (unpaired) electrons. The summed E-state index contributed by atoms with van der Waals surface area (Å²) in [6.07, 6.45) is -2.88. The van der Waals surface area contributed by atoms with Crippen LogP contribution in [0.4, 0.5) is 13.2 Å². The molecule has 4 amide bonds. The molecule has 10 nitrogen and oxygen atoms in total. The van der Waals surface area contributed by atoms with Gasteiger partial charge in [0.05, 0.1) is 6.04 Å². The maximum Gasteiger partial charge on any atom is 0.573 e. The number of carbonyl (C=O) groups is 5. The van der Waals surface area contributed by atoms with E-state index in [-0.39, 0.29) is 31.2 Å². The first-order chi connectivity index (χ1) is 19.5. The monoisotopic (exact) mass is 596 g/mol. The van der Waals surface area contributed by atoms with Crippen LogP contribution in [0.3, 0.4) is 0 Å². The lowest BCUT2D eigenvalue weighted by molar-refractivity contribution is -0.274. The highest BCUT2D eigenvalue weighted by Crippen LogP contribution is 2.28. The molecule has 1 aromatic carbocycles. The van der Waals surface area contributed by atoms with Gasteiger partial charge in [-0.25, -0.2) is 0 Å². The first-order valence-electron chi connectivity index (χ1n) is 14.1. The largest absolute Gasteiger partial charge is 0.573 e. The quantitative estimate of drug-likeness (QED) is 0.258. The Bertz CT molecular complexity index is 1180. The molecule has 1 saturated heterocycles. The molecule has 13 heteroatoms. The van der Waals surface area contributed by atoms with Gasteiger partial charge in [-0.3, -0.25) is 24.0 Å². The van der Waals surface area contributed by atoms with Crippen LogP contribution in [0.2, 0.25) is 0 Å². The lowest BCUT2D eigenvalue weighted by atomic mass is 9.87. The fourth-order valence-electron chi connectivity index (χ4n) is 4.79. The number of rotatable bonds is 13. The number of ether oxygens (including phenoxy) is 1. The summed E-state index contributed by atoms with van der Waals surface area (Å²) in [6.45, 7) is 7.68. The van der Waals surface area contributed by atoms with Gasteiger partial charge in [-0.05, 0) is 61.1 Å². The molecule has 2 aliphatic rings. The zero-order chi connectivity index (χ0) is 31.2. The number of alkyl halides is 3. The molecule has 0 aromatic heterocycles. The average Bonchev–Trinajstić information content (AvgIpc) is 3.59. The third-order valence-electron chi connectivity index (χ3n) is 7.07. The molecular weight excluding hydrogens is 557 g/mol. The Kier molecular flexibility index (Phi) is 10.6. The number of hydrogen-bond donors (Lipinski definition) is 4. The number of nitrogens with one attached hydrogen (secondary N) is 4. The van der Waals surface area contributed by atoms with Gasteiger partial charge in [0, 0.05) is 24.9 Å². The topological polar surface area (TPSA) is 143 Å². The van der Waals surface area contributed by atoms with Gasteiger partial charge >= 0.3 is 6.36 Å². The maximum absolute atomic E-state index is 13.5. The minimum absolute atomic E-state index is 0.0575. The van der Waals surface area contributed by atoms with E-state index < -0.39 is 65.0 Å². The Morgan fingerprint density at radius 3 is 2.31 bits per heavy atom. The normalized spacial score (nSPS) is 19.2. The third-order valence-corrected chi connectivity index (χ3v) is 7.07. The summed E-state index contributed by atoms with van der Waals surface area (Å²) in [5.74, 6) is -4.63. The Balaban J connectivity index is 1.71. The molecule has 3 unspecified atom stereocenters. The number of hydrogen-bond acceptors (Lipinski definition) is 6. The van der Waals surface area contributed by atoms with Gasteiger partial charge in [-0.2, -0.15) is 0 Å². The molecule has 1 aromatic rings. The van der Waals surface area contributed by atoms with Crippen LogP contribution in [0.5, 0.6) is 5.75 Å². The van der Waals surface area contributed by atoms with Crippen LogP contribution in [-0.2, 0) is 24.0 Å². The molecule has 0 bridgehead atoms. The summed E-state index contributed by atoms with van der Waals surface area (Å²) in [5.41, 5.74) is 0.00384. The fraction of sp³-hybridized carbons (Fsp3) is 0.621. The van der Waals surface area contributed by atoms with Gasteiger partial charge in [0.1, 0.15) is 11.8 Å². The molecule has 1 heterocycles. The van der Waals surface area contributed by atoms with Crippen molar-refractivity contribution >= 4 is 29.4 Å². The van der Waals surface area contributed by atoms with Crippen molar-refractivity contribution in [1.29, 1.82) is 0 Å². The molecule has 2 fully saturated rings.